The second-order valence-corrected chi connectivity index (χ2v) is 8.10. The van der Waals surface area contributed by atoms with Crippen molar-refractivity contribution in [1.29, 1.82) is 0 Å². The van der Waals surface area contributed by atoms with Gasteiger partial charge in [-0.05, 0) is 31.6 Å². The lowest BCUT2D eigenvalue weighted by molar-refractivity contribution is 0.368. The zero-order valence-corrected chi connectivity index (χ0v) is 17.1. The number of unbranched alkanes of at least 4 members (excludes halogenated alkanes) is 1. The van der Waals surface area contributed by atoms with Gasteiger partial charge in [0.2, 0.25) is 11.7 Å². The summed E-state index contributed by atoms with van der Waals surface area (Å²) in [5, 5.41) is 11.0. The molecule has 0 saturated heterocycles. The van der Waals surface area contributed by atoms with Gasteiger partial charge >= 0.3 is 5.69 Å². The first-order valence-electron chi connectivity index (χ1n) is 10.3. The van der Waals surface area contributed by atoms with Crippen LogP contribution < -0.4 is 16.8 Å². The molecule has 29 heavy (non-hydrogen) atoms. The van der Waals surface area contributed by atoms with E-state index >= 15 is 0 Å². The standard InChI is InChI=1S/C20H27N5O4/c1-4-5-10-13-16(26)24(11-12-8-6-7-9-12)19-21-15-14(25(19)17(13)27)18(28)23(3)20(29)22(15)2/h12,26H,4-11H2,1-3H3. The Bertz CT molecular complexity index is 1270. The first kappa shape index (κ1) is 19.5. The number of imidazole rings is 1. The van der Waals surface area contributed by atoms with Crippen LogP contribution in [0.25, 0.3) is 16.9 Å². The summed E-state index contributed by atoms with van der Waals surface area (Å²) in [6, 6.07) is 0. The highest BCUT2D eigenvalue weighted by atomic mass is 16.3. The molecule has 0 aliphatic heterocycles. The molecular weight excluding hydrogens is 374 g/mol. The van der Waals surface area contributed by atoms with Gasteiger partial charge in [0.05, 0.1) is 5.56 Å². The fourth-order valence-corrected chi connectivity index (χ4v) is 4.44. The average Bonchev–Trinajstić information content (AvgIpc) is 3.35. The highest BCUT2D eigenvalue weighted by Crippen LogP contribution is 2.29. The lowest BCUT2D eigenvalue weighted by atomic mass is 10.1. The van der Waals surface area contributed by atoms with Gasteiger partial charge in [-0.25, -0.2) is 9.20 Å². The van der Waals surface area contributed by atoms with Crippen LogP contribution in [0.5, 0.6) is 5.88 Å². The maximum atomic E-state index is 13.3. The maximum absolute atomic E-state index is 13.3. The number of fused-ring (bicyclic) bond motifs is 3. The summed E-state index contributed by atoms with van der Waals surface area (Å²) in [5.74, 6) is 0.533. The molecule has 0 amide bonds. The van der Waals surface area contributed by atoms with Gasteiger partial charge in [0, 0.05) is 20.6 Å². The normalized spacial score (nSPS) is 15.1. The van der Waals surface area contributed by atoms with Crippen molar-refractivity contribution >= 4 is 16.9 Å². The van der Waals surface area contributed by atoms with E-state index in [4.69, 9.17) is 0 Å². The van der Waals surface area contributed by atoms with E-state index in [0.29, 0.717) is 24.4 Å². The highest BCUT2D eigenvalue weighted by molar-refractivity contribution is 5.75. The fourth-order valence-electron chi connectivity index (χ4n) is 4.44. The number of rotatable bonds is 5. The highest BCUT2D eigenvalue weighted by Gasteiger charge is 2.26. The second kappa shape index (κ2) is 7.20. The average molecular weight is 401 g/mol. The lowest BCUT2D eigenvalue weighted by Gasteiger charge is -2.17. The molecule has 0 radical (unpaired) electrons. The topological polar surface area (TPSA) is 104 Å². The SMILES string of the molecule is CCCCc1c(O)n(CC2CCCC2)c2nc3c(c(=O)n(C)c(=O)n3C)n2c1=O. The molecule has 3 aromatic heterocycles. The molecule has 0 atom stereocenters. The first-order chi connectivity index (χ1) is 13.9. The molecule has 1 N–H and O–H groups in total. The molecule has 156 valence electrons. The van der Waals surface area contributed by atoms with Crippen molar-refractivity contribution in [2.45, 2.75) is 58.4 Å². The number of hydrogen-bond acceptors (Lipinski definition) is 5. The largest absolute Gasteiger partial charge is 0.494 e. The van der Waals surface area contributed by atoms with E-state index < -0.39 is 16.8 Å². The number of aryl methyl sites for hydroxylation is 1. The molecule has 9 nitrogen and oxygen atoms in total. The van der Waals surface area contributed by atoms with Gasteiger partial charge in [-0.15, -0.1) is 0 Å². The number of hydrogen-bond donors (Lipinski definition) is 1. The van der Waals surface area contributed by atoms with Crippen molar-refractivity contribution in [3.8, 4) is 5.88 Å². The molecule has 3 heterocycles. The summed E-state index contributed by atoms with van der Waals surface area (Å²) >= 11 is 0. The monoisotopic (exact) mass is 401 g/mol. The van der Waals surface area contributed by atoms with Gasteiger partial charge in [0.25, 0.3) is 11.1 Å². The van der Waals surface area contributed by atoms with Gasteiger partial charge < -0.3 is 5.11 Å². The second-order valence-electron chi connectivity index (χ2n) is 8.10. The van der Waals surface area contributed by atoms with Crippen LogP contribution in [0.3, 0.4) is 0 Å². The van der Waals surface area contributed by atoms with E-state index in [-0.39, 0.29) is 22.8 Å². The molecule has 0 aromatic carbocycles. The van der Waals surface area contributed by atoms with E-state index in [1.54, 1.807) is 4.57 Å². The summed E-state index contributed by atoms with van der Waals surface area (Å²) in [5.41, 5.74) is -0.974. The van der Waals surface area contributed by atoms with Gasteiger partial charge in [-0.1, -0.05) is 26.2 Å². The summed E-state index contributed by atoms with van der Waals surface area (Å²) < 4.78 is 5.20. The predicted octanol–water partition coefficient (Wildman–Crippen LogP) is 1.29. The molecule has 1 aliphatic carbocycles. The first-order valence-corrected chi connectivity index (χ1v) is 10.3. The Kier molecular flexibility index (Phi) is 4.84. The van der Waals surface area contributed by atoms with Crippen LogP contribution in [0.1, 0.15) is 51.0 Å². The van der Waals surface area contributed by atoms with E-state index in [9.17, 15) is 19.5 Å². The van der Waals surface area contributed by atoms with Crippen LogP contribution in [0, 0.1) is 5.92 Å². The third kappa shape index (κ3) is 2.90. The Morgan fingerprint density at radius 3 is 2.41 bits per heavy atom. The number of aromatic hydroxyl groups is 1. The van der Waals surface area contributed by atoms with Crippen molar-refractivity contribution in [1.82, 2.24) is 23.1 Å². The van der Waals surface area contributed by atoms with Gasteiger partial charge in [-0.2, -0.15) is 4.98 Å². The molecule has 0 spiro atoms. The Morgan fingerprint density at radius 2 is 1.76 bits per heavy atom. The van der Waals surface area contributed by atoms with Crippen LogP contribution in [0.4, 0.5) is 0 Å². The molecule has 1 aliphatic rings. The van der Waals surface area contributed by atoms with E-state index in [1.807, 2.05) is 6.92 Å². The van der Waals surface area contributed by atoms with Crippen LogP contribution in [-0.4, -0.2) is 28.2 Å². The Balaban J connectivity index is 2.13. The predicted molar refractivity (Wildman–Crippen MR) is 110 cm³/mol. The lowest BCUT2D eigenvalue weighted by Crippen LogP contribution is -2.38. The summed E-state index contributed by atoms with van der Waals surface area (Å²) in [6.45, 7) is 2.55. The zero-order chi connectivity index (χ0) is 20.9. The molecule has 3 aromatic rings. The molecular formula is C20H27N5O4. The molecule has 0 bridgehead atoms. The fraction of sp³-hybridized carbons (Fsp3) is 0.600. The Morgan fingerprint density at radius 1 is 1.07 bits per heavy atom. The van der Waals surface area contributed by atoms with Gasteiger partial charge in [0.15, 0.2) is 11.2 Å². The van der Waals surface area contributed by atoms with Crippen molar-refractivity contribution in [2.75, 3.05) is 0 Å². The van der Waals surface area contributed by atoms with Gasteiger partial charge in [-0.3, -0.25) is 23.3 Å². The quantitative estimate of drug-likeness (QED) is 0.694. The summed E-state index contributed by atoms with van der Waals surface area (Å²) in [4.78, 5) is 43.0. The minimum absolute atomic E-state index is 0.0695. The van der Waals surface area contributed by atoms with Crippen LogP contribution in [-0.2, 0) is 27.1 Å². The molecule has 4 rings (SSSR count). The van der Waals surface area contributed by atoms with Crippen LogP contribution >= 0.6 is 0 Å². The molecule has 1 fully saturated rings. The van der Waals surface area contributed by atoms with Crippen molar-refractivity contribution in [3.63, 3.8) is 0 Å². The minimum atomic E-state index is -0.563. The number of nitrogens with zero attached hydrogens (tertiary/aromatic N) is 5. The van der Waals surface area contributed by atoms with E-state index in [2.05, 4.69) is 4.98 Å². The van der Waals surface area contributed by atoms with Crippen LogP contribution in [0.2, 0.25) is 0 Å². The third-order valence-corrected chi connectivity index (χ3v) is 6.16. The Hall–Kier alpha value is -2.84. The zero-order valence-electron chi connectivity index (χ0n) is 17.1. The summed E-state index contributed by atoms with van der Waals surface area (Å²) in [6.07, 6.45) is 6.46. The Labute approximate surface area is 166 Å². The maximum Gasteiger partial charge on any atom is 0.332 e. The molecule has 9 heteroatoms. The molecule has 0 unspecified atom stereocenters. The van der Waals surface area contributed by atoms with Crippen molar-refractivity contribution in [3.05, 3.63) is 36.8 Å². The number of aromatic nitrogens is 5. The van der Waals surface area contributed by atoms with Crippen molar-refractivity contribution in [2.24, 2.45) is 20.0 Å². The van der Waals surface area contributed by atoms with Crippen LogP contribution in [0.15, 0.2) is 14.4 Å². The summed E-state index contributed by atoms with van der Waals surface area (Å²) in [7, 11) is 2.92. The van der Waals surface area contributed by atoms with E-state index in [1.165, 1.54) is 23.1 Å². The molecule has 1 saturated carbocycles. The van der Waals surface area contributed by atoms with E-state index in [0.717, 1.165) is 43.1 Å². The van der Waals surface area contributed by atoms with Gasteiger partial charge in [0.1, 0.15) is 0 Å². The smallest absolute Gasteiger partial charge is 0.332 e. The third-order valence-electron chi connectivity index (χ3n) is 6.16. The minimum Gasteiger partial charge on any atom is -0.494 e. The van der Waals surface area contributed by atoms with Crippen molar-refractivity contribution < 1.29 is 5.11 Å².